The average molecular weight is 390 g/mol. The molecule has 0 aliphatic rings. The molecule has 0 spiro atoms. The number of nitrogens with one attached hydrogen (secondary N) is 1. The van der Waals surface area contributed by atoms with Crippen LogP contribution in [0.5, 0.6) is 0 Å². The van der Waals surface area contributed by atoms with E-state index in [2.05, 4.69) is 14.5 Å². The van der Waals surface area contributed by atoms with E-state index in [9.17, 15) is 9.59 Å². The molecule has 29 heavy (non-hydrogen) atoms. The lowest BCUT2D eigenvalue weighted by Crippen LogP contribution is -2.12. The van der Waals surface area contributed by atoms with Crippen LogP contribution in [0.25, 0.3) is 33.2 Å². The van der Waals surface area contributed by atoms with E-state index in [0.717, 1.165) is 29.4 Å². The molecule has 3 N–H and O–H groups in total. The van der Waals surface area contributed by atoms with Gasteiger partial charge in [0.25, 0.3) is 5.56 Å². The highest BCUT2D eigenvalue weighted by Crippen LogP contribution is 2.28. The molecule has 0 atom stereocenters. The number of aromatic amines is 1. The predicted octanol–water partition coefficient (Wildman–Crippen LogP) is 3.07. The van der Waals surface area contributed by atoms with Crippen molar-refractivity contribution in [3.8, 4) is 11.3 Å². The Morgan fingerprint density at radius 2 is 2.07 bits per heavy atom. The first kappa shape index (κ1) is 18.9. The molecule has 2 heterocycles. The number of ether oxygens (including phenoxy) is 1. The second kappa shape index (κ2) is 7.89. The van der Waals surface area contributed by atoms with Crippen molar-refractivity contribution >= 4 is 27.9 Å². The summed E-state index contributed by atoms with van der Waals surface area (Å²) in [6, 6.07) is 12.9. The molecule has 0 bridgehead atoms. The van der Waals surface area contributed by atoms with E-state index in [4.69, 9.17) is 10.5 Å². The summed E-state index contributed by atoms with van der Waals surface area (Å²) in [5.74, 6) is -0.428. The molecular formula is C22H22N4O3. The number of benzene rings is 2. The number of carbonyl (C=O) groups is 1. The van der Waals surface area contributed by atoms with Crippen molar-refractivity contribution in [2.24, 2.45) is 5.73 Å². The summed E-state index contributed by atoms with van der Waals surface area (Å²) in [5, 5.41) is 0.963. The highest BCUT2D eigenvalue weighted by atomic mass is 16.5. The number of para-hydroxylation sites is 1. The molecule has 0 saturated heterocycles. The molecule has 2 aromatic carbocycles. The zero-order valence-corrected chi connectivity index (χ0v) is 16.1. The Bertz CT molecular complexity index is 1260. The molecule has 0 aliphatic heterocycles. The van der Waals surface area contributed by atoms with Gasteiger partial charge >= 0.3 is 5.97 Å². The summed E-state index contributed by atoms with van der Waals surface area (Å²) < 4.78 is 7.12. The molecule has 0 aliphatic carbocycles. The Labute approximate surface area is 167 Å². The largest absolute Gasteiger partial charge is 0.462 e. The lowest BCUT2D eigenvalue weighted by atomic mass is 10.1. The van der Waals surface area contributed by atoms with Crippen molar-refractivity contribution in [1.82, 2.24) is 14.5 Å². The molecule has 0 amide bonds. The maximum Gasteiger partial charge on any atom is 0.338 e. The van der Waals surface area contributed by atoms with Crippen molar-refractivity contribution in [2.75, 3.05) is 13.2 Å². The standard InChI is InChI=1S/C22H22N4O3/c1-2-29-22(28)14-8-9-17-18(12-14)25-21(27)20(24-17)16-13-26(11-5-10-23)19-7-4-3-6-15(16)19/h3-4,6-9,12-13H,2,5,10-11,23H2,1H3,(H,25,27). The lowest BCUT2D eigenvalue weighted by Gasteiger charge is -2.05. The van der Waals surface area contributed by atoms with Gasteiger partial charge in [-0.15, -0.1) is 0 Å². The van der Waals surface area contributed by atoms with Gasteiger partial charge in [-0.25, -0.2) is 9.78 Å². The van der Waals surface area contributed by atoms with E-state index in [1.165, 1.54) is 0 Å². The minimum absolute atomic E-state index is 0.290. The van der Waals surface area contributed by atoms with Crippen LogP contribution in [0.3, 0.4) is 0 Å². The van der Waals surface area contributed by atoms with Crippen LogP contribution < -0.4 is 11.3 Å². The smallest absolute Gasteiger partial charge is 0.338 e. The van der Waals surface area contributed by atoms with Gasteiger partial charge in [-0.2, -0.15) is 0 Å². The number of aryl methyl sites for hydroxylation is 1. The zero-order valence-electron chi connectivity index (χ0n) is 16.1. The third kappa shape index (κ3) is 3.52. The minimum Gasteiger partial charge on any atom is -0.462 e. The number of aromatic nitrogens is 3. The quantitative estimate of drug-likeness (QED) is 0.493. The van der Waals surface area contributed by atoms with Crippen LogP contribution in [-0.4, -0.2) is 33.7 Å². The summed E-state index contributed by atoms with van der Waals surface area (Å²) in [4.78, 5) is 32.3. The summed E-state index contributed by atoms with van der Waals surface area (Å²) in [5.41, 5.74) is 9.00. The third-order valence-electron chi connectivity index (χ3n) is 4.85. The number of hydrogen-bond acceptors (Lipinski definition) is 5. The van der Waals surface area contributed by atoms with Gasteiger partial charge in [-0.3, -0.25) is 4.79 Å². The fourth-order valence-electron chi connectivity index (χ4n) is 3.49. The molecule has 148 valence electrons. The predicted molar refractivity (Wildman–Crippen MR) is 113 cm³/mol. The SMILES string of the molecule is CCOC(=O)c1ccc2nc(-c3cn(CCCN)c4ccccc34)c(=O)[nH]c2c1. The van der Waals surface area contributed by atoms with Crippen LogP contribution in [0, 0.1) is 0 Å². The first-order valence-corrected chi connectivity index (χ1v) is 9.62. The van der Waals surface area contributed by atoms with Gasteiger partial charge in [0.1, 0.15) is 5.69 Å². The van der Waals surface area contributed by atoms with Gasteiger partial charge in [-0.1, -0.05) is 18.2 Å². The Morgan fingerprint density at radius 1 is 1.24 bits per heavy atom. The van der Waals surface area contributed by atoms with Crippen LogP contribution in [0.2, 0.25) is 0 Å². The fourth-order valence-corrected chi connectivity index (χ4v) is 3.49. The molecule has 4 rings (SSSR count). The first-order chi connectivity index (χ1) is 14.1. The number of carbonyl (C=O) groups excluding carboxylic acids is 1. The molecule has 2 aromatic heterocycles. The summed E-state index contributed by atoms with van der Waals surface area (Å²) in [6.45, 7) is 3.41. The monoisotopic (exact) mass is 390 g/mol. The van der Waals surface area contributed by atoms with Gasteiger partial charge in [0.05, 0.1) is 23.2 Å². The van der Waals surface area contributed by atoms with Gasteiger partial charge in [0, 0.05) is 29.2 Å². The van der Waals surface area contributed by atoms with Crippen LogP contribution >= 0.6 is 0 Å². The summed E-state index contributed by atoms with van der Waals surface area (Å²) in [6.07, 6.45) is 2.80. The van der Waals surface area contributed by atoms with E-state index in [1.807, 2.05) is 30.5 Å². The number of fused-ring (bicyclic) bond motifs is 2. The summed E-state index contributed by atoms with van der Waals surface area (Å²) in [7, 11) is 0. The zero-order chi connectivity index (χ0) is 20.4. The Morgan fingerprint density at radius 3 is 2.86 bits per heavy atom. The van der Waals surface area contributed by atoms with E-state index in [-0.39, 0.29) is 5.56 Å². The number of nitrogens with two attached hydrogens (primary N) is 1. The molecular weight excluding hydrogens is 368 g/mol. The highest BCUT2D eigenvalue weighted by molar-refractivity contribution is 5.97. The number of H-pyrrole nitrogens is 1. The molecule has 0 radical (unpaired) electrons. The second-order valence-electron chi connectivity index (χ2n) is 6.76. The third-order valence-corrected chi connectivity index (χ3v) is 4.85. The fraction of sp³-hybridized carbons (Fsp3) is 0.227. The van der Waals surface area contributed by atoms with Gasteiger partial charge in [0.15, 0.2) is 0 Å². The van der Waals surface area contributed by atoms with E-state index < -0.39 is 5.97 Å². The molecule has 0 saturated carbocycles. The van der Waals surface area contributed by atoms with Crippen molar-refractivity contribution in [3.05, 3.63) is 64.6 Å². The Kier molecular flexibility index (Phi) is 5.14. The minimum atomic E-state index is -0.428. The van der Waals surface area contributed by atoms with E-state index >= 15 is 0 Å². The normalized spacial score (nSPS) is 11.2. The average Bonchev–Trinajstić information content (AvgIpc) is 3.10. The van der Waals surface area contributed by atoms with Crippen molar-refractivity contribution < 1.29 is 9.53 Å². The molecule has 0 fully saturated rings. The first-order valence-electron chi connectivity index (χ1n) is 9.62. The van der Waals surface area contributed by atoms with Crippen molar-refractivity contribution in [2.45, 2.75) is 19.9 Å². The number of rotatable bonds is 6. The van der Waals surface area contributed by atoms with Gasteiger partial charge < -0.3 is 20.0 Å². The molecule has 7 nitrogen and oxygen atoms in total. The second-order valence-corrected chi connectivity index (χ2v) is 6.76. The van der Waals surface area contributed by atoms with E-state index in [1.54, 1.807) is 25.1 Å². The van der Waals surface area contributed by atoms with Crippen molar-refractivity contribution in [3.63, 3.8) is 0 Å². The Balaban J connectivity index is 1.84. The van der Waals surface area contributed by atoms with Crippen LogP contribution in [-0.2, 0) is 11.3 Å². The van der Waals surface area contributed by atoms with Crippen LogP contribution in [0.4, 0.5) is 0 Å². The van der Waals surface area contributed by atoms with Crippen LogP contribution in [0.15, 0.2) is 53.5 Å². The number of esters is 1. The lowest BCUT2D eigenvalue weighted by molar-refractivity contribution is 0.0526. The molecule has 7 heteroatoms. The topological polar surface area (TPSA) is 103 Å². The molecule has 0 unspecified atom stereocenters. The molecule has 4 aromatic rings. The van der Waals surface area contributed by atoms with Gasteiger partial charge in [0.2, 0.25) is 0 Å². The number of hydrogen-bond donors (Lipinski definition) is 2. The number of nitrogens with zero attached hydrogens (tertiary/aromatic N) is 2. The summed E-state index contributed by atoms with van der Waals surface area (Å²) >= 11 is 0. The maximum absolute atomic E-state index is 12.8. The van der Waals surface area contributed by atoms with E-state index in [0.29, 0.717) is 35.4 Å². The van der Waals surface area contributed by atoms with Crippen molar-refractivity contribution in [1.29, 1.82) is 0 Å². The van der Waals surface area contributed by atoms with Crippen LogP contribution in [0.1, 0.15) is 23.7 Å². The maximum atomic E-state index is 12.8. The highest BCUT2D eigenvalue weighted by Gasteiger charge is 2.16. The van der Waals surface area contributed by atoms with Gasteiger partial charge in [-0.05, 0) is 44.2 Å². The Hall–Kier alpha value is -3.45.